The topological polar surface area (TPSA) is 62.1 Å². The van der Waals surface area contributed by atoms with Crippen LogP contribution in [0.3, 0.4) is 0 Å². The normalized spacial score (nSPS) is 14.3. The van der Waals surface area contributed by atoms with Crippen molar-refractivity contribution in [1.82, 2.24) is 19.7 Å². The molecular weight excluding hydrogens is 464 g/mol. The van der Waals surface area contributed by atoms with Gasteiger partial charge < -0.3 is 9.47 Å². The van der Waals surface area contributed by atoms with Crippen molar-refractivity contribution >= 4 is 23.1 Å². The van der Waals surface area contributed by atoms with Crippen LogP contribution in [0, 0.1) is 0 Å². The molecule has 0 radical (unpaired) electrons. The second-order valence-electron chi connectivity index (χ2n) is 8.34. The maximum atomic E-state index is 5.54. The number of hydrogen-bond acceptors (Lipinski definition) is 7. The zero-order valence-corrected chi connectivity index (χ0v) is 21.1. The molecule has 2 aromatic carbocycles. The van der Waals surface area contributed by atoms with E-state index >= 15 is 0 Å². The van der Waals surface area contributed by atoms with Crippen LogP contribution in [0.1, 0.15) is 43.8 Å². The average Bonchev–Trinajstić information content (AvgIpc) is 3.55. The lowest BCUT2D eigenvalue weighted by Gasteiger charge is -2.25. The fourth-order valence-electron chi connectivity index (χ4n) is 4.44. The molecule has 0 bridgehead atoms. The molecule has 1 fully saturated rings. The molecule has 1 aliphatic rings. The van der Waals surface area contributed by atoms with E-state index in [1.54, 1.807) is 37.3 Å². The minimum absolute atomic E-state index is 0.407. The van der Waals surface area contributed by atoms with Crippen molar-refractivity contribution in [1.29, 1.82) is 0 Å². The molecular formula is C26H28N4O2S2. The molecule has 2 aromatic heterocycles. The maximum Gasteiger partial charge on any atom is 0.192 e. The molecule has 2 heterocycles. The Balaban J connectivity index is 1.42. The summed E-state index contributed by atoms with van der Waals surface area (Å²) in [4.78, 5) is 4.85. The maximum absolute atomic E-state index is 5.54. The minimum atomic E-state index is 0.407. The highest BCUT2D eigenvalue weighted by atomic mass is 32.2. The summed E-state index contributed by atoms with van der Waals surface area (Å²) >= 11 is 3.40. The third kappa shape index (κ3) is 4.83. The molecule has 0 unspecified atom stereocenters. The lowest BCUT2D eigenvalue weighted by Crippen LogP contribution is -2.15. The van der Waals surface area contributed by atoms with E-state index in [1.807, 2.05) is 36.4 Å². The molecule has 1 saturated carbocycles. The number of aromatic nitrogens is 4. The summed E-state index contributed by atoms with van der Waals surface area (Å²) in [6, 6.07) is 16.7. The SMILES string of the molecule is COc1ccc(-c2nnc(SCc3csc(-c4ccccc4)n3)n2C2CCCCC2)cc1OC. The van der Waals surface area contributed by atoms with Crippen LogP contribution in [0.5, 0.6) is 11.5 Å². The zero-order valence-electron chi connectivity index (χ0n) is 19.4. The zero-order chi connectivity index (χ0) is 23.3. The summed E-state index contributed by atoms with van der Waals surface area (Å²) in [6.07, 6.45) is 6.09. The van der Waals surface area contributed by atoms with Gasteiger partial charge >= 0.3 is 0 Å². The monoisotopic (exact) mass is 492 g/mol. The van der Waals surface area contributed by atoms with Crippen LogP contribution in [0.4, 0.5) is 0 Å². The predicted molar refractivity (Wildman–Crippen MR) is 138 cm³/mol. The number of thiazole rings is 1. The van der Waals surface area contributed by atoms with E-state index in [2.05, 4.69) is 32.3 Å². The smallest absolute Gasteiger partial charge is 0.192 e. The van der Waals surface area contributed by atoms with Crippen LogP contribution in [0.2, 0.25) is 0 Å². The molecule has 0 aliphatic heterocycles. The number of thioether (sulfide) groups is 1. The minimum Gasteiger partial charge on any atom is -0.493 e. The highest BCUT2D eigenvalue weighted by Crippen LogP contribution is 2.38. The largest absolute Gasteiger partial charge is 0.493 e. The van der Waals surface area contributed by atoms with Gasteiger partial charge in [0.15, 0.2) is 22.5 Å². The molecule has 0 spiro atoms. The first-order valence-electron chi connectivity index (χ1n) is 11.6. The summed E-state index contributed by atoms with van der Waals surface area (Å²) in [6.45, 7) is 0. The van der Waals surface area contributed by atoms with E-state index in [0.29, 0.717) is 17.5 Å². The Morgan fingerprint density at radius 1 is 0.941 bits per heavy atom. The second-order valence-corrected chi connectivity index (χ2v) is 10.1. The van der Waals surface area contributed by atoms with E-state index in [9.17, 15) is 0 Å². The first kappa shape index (κ1) is 22.9. The van der Waals surface area contributed by atoms with Crippen LogP contribution in [-0.2, 0) is 5.75 Å². The number of methoxy groups -OCH3 is 2. The molecule has 5 rings (SSSR count). The van der Waals surface area contributed by atoms with Gasteiger partial charge in [-0.25, -0.2) is 4.98 Å². The Labute approximate surface area is 208 Å². The third-order valence-electron chi connectivity index (χ3n) is 6.17. The van der Waals surface area contributed by atoms with Crippen molar-refractivity contribution in [3.8, 4) is 33.5 Å². The standard InChI is InChI=1S/C26H28N4O2S2/c1-31-22-14-13-19(15-23(22)32-2)24-28-29-26(30(24)21-11-7-4-8-12-21)34-17-20-16-33-25(27-20)18-9-5-3-6-10-18/h3,5-6,9-10,13-16,21H,4,7-8,11-12,17H2,1-2H3. The quantitative estimate of drug-likeness (QED) is 0.250. The van der Waals surface area contributed by atoms with Gasteiger partial charge in [-0.2, -0.15) is 0 Å². The van der Waals surface area contributed by atoms with Crippen LogP contribution < -0.4 is 9.47 Å². The van der Waals surface area contributed by atoms with E-state index in [1.165, 1.54) is 19.3 Å². The Hall–Kier alpha value is -2.84. The van der Waals surface area contributed by atoms with Crippen LogP contribution in [0.15, 0.2) is 59.1 Å². The fourth-order valence-corrected chi connectivity index (χ4v) is 6.27. The highest BCUT2D eigenvalue weighted by Gasteiger charge is 2.24. The highest BCUT2D eigenvalue weighted by molar-refractivity contribution is 7.98. The number of rotatable bonds is 8. The molecule has 1 aliphatic carbocycles. The average molecular weight is 493 g/mol. The van der Waals surface area contributed by atoms with Crippen LogP contribution >= 0.6 is 23.1 Å². The first-order chi connectivity index (χ1) is 16.8. The molecule has 4 aromatic rings. The van der Waals surface area contributed by atoms with Gasteiger partial charge in [0.1, 0.15) is 5.01 Å². The van der Waals surface area contributed by atoms with Gasteiger partial charge in [0.25, 0.3) is 0 Å². The van der Waals surface area contributed by atoms with Crippen LogP contribution in [-0.4, -0.2) is 34.0 Å². The summed E-state index contributed by atoms with van der Waals surface area (Å²) in [7, 11) is 3.31. The molecule has 8 heteroatoms. The molecule has 0 atom stereocenters. The van der Waals surface area contributed by atoms with Crippen molar-refractivity contribution in [2.45, 2.75) is 49.1 Å². The molecule has 0 N–H and O–H groups in total. The van der Waals surface area contributed by atoms with Gasteiger partial charge in [0.2, 0.25) is 0 Å². The molecule has 34 heavy (non-hydrogen) atoms. The van der Waals surface area contributed by atoms with Gasteiger partial charge in [-0.1, -0.05) is 61.4 Å². The van der Waals surface area contributed by atoms with E-state index in [-0.39, 0.29) is 0 Å². The van der Waals surface area contributed by atoms with Gasteiger partial charge in [-0.05, 0) is 31.0 Å². The molecule has 176 valence electrons. The van der Waals surface area contributed by atoms with Crippen molar-refractivity contribution in [2.24, 2.45) is 0 Å². The van der Waals surface area contributed by atoms with Gasteiger partial charge in [-0.15, -0.1) is 21.5 Å². The van der Waals surface area contributed by atoms with E-state index < -0.39 is 0 Å². The van der Waals surface area contributed by atoms with Gasteiger partial charge in [0, 0.05) is 28.3 Å². The van der Waals surface area contributed by atoms with E-state index in [4.69, 9.17) is 14.5 Å². The Kier molecular flexibility index (Phi) is 7.16. The lowest BCUT2D eigenvalue weighted by molar-refractivity contribution is 0.339. The number of benzene rings is 2. The van der Waals surface area contributed by atoms with Gasteiger partial charge in [0.05, 0.1) is 19.9 Å². The van der Waals surface area contributed by atoms with Gasteiger partial charge in [-0.3, -0.25) is 4.57 Å². The number of hydrogen-bond donors (Lipinski definition) is 0. The molecule has 6 nitrogen and oxygen atoms in total. The Morgan fingerprint density at radius 3 is 2.50 bits per heavy atom. The second kappa shape index (κ2) is 10.6. The van der Waals surface area contributed by atoms with Crippen LogP contribution in [0.25, 0.3) is 22.0 Å². The van der Waals surface area contributed by atoms with Crippen molar-refractivity contribution in [2.75, 3.05) is 14.2 Å². The number of nitrogens with zero attached hydrogens (tertiary/aromatic N) is 4. The third-order valence-corrected chi connectivity index (χ3v) is 8.08. The Morgan fingerprint density at radius 2 is 1.74 bits per heavy atom. The first-order valence-corrected chi connectivity index (χ1v) is 13.4. The fraction of sp³-hybridized carbons (Fsp3) is 0.346. The summed E-state index contributed by atoms with van der Waals surface area (Å²) < 4.78 is 13.3. The van der Waals surface area contributed by atoms with E-state index in [0.717, 1.165) is 51.4 Å². The summed E-state index contributed by atoms with van der Waals surface area (Å²) in [5.74, 6) is 3.06. The summed E-state index contributed by atoms with van der Waals surface area (Å²) in [5, 5.41) is 13.4. The number of ether oxygens (including phenoxy) is 2. The molecule has 0 saturated heterocycles. The predicted octanol–water partition coefficient (Wildman–Crippen LogP) is 6.88. The molecule has 0 amide bonds. The van der Waals surface area contributed by atoms with Crippen molar-refractivity contribution in [3.05, 3.63) is 59.6 Å². The summed E-state index contributed by atoms with van der Waals surface area (Å²) in [5.41, 5.74) is 3.21. The lowest BCUT2D eigenvalue weighted by atomic mass is 9.95. The Bertz CT molecular complexity index is 1230. The van der Waals surface area contributed by atoms with Crippen molar-refractivity contribution < 1.29 is 9.47 Å². The van der Waals surface area contributed by atoms with Crippen molar-refractivity contribution in [3.63, 3.8) is 0 Å².